The van der Waals surface area contributed by atoms with Gasteiger partial charge in [0.15, 0.2) is 0 Å². The van der Waals surface area contributed by atoms with Crippen LogP contribution in [-0.4, -0.2) is 23.7 Å². The second-order valence-electron chi connectivity index (χ2n) is 5.87. The summed E-state index contributed by atoms with van der Waals surface area (Å²) in [5, 5.41) is 12.7. The molecule has 2 N–H and O–H groups in total. The molecule has 0 aromatic heterocycles. The number of hydrogen-bond acceptors (Lipinski definition) is 2. The molecule has 0 aliphatic heterocycles. The molecule has 0 bridgehead atoms. The van der Waals surface area contributed by atoms with Crippen molar-refractivity contribution in [2.45, 2.75) is 71.3 Å². The predicted octanol–water partition coefficient (Wildman–Crippen LogP) is 2.87. The van der Waals surface area contributed by atoms with Crippen LogP contribution in [0.2, 0.25) is 0 Å². The molecule has 3 heteroatoms. The van der Waals surface area contributed by atoms with Crippen molar-refractivity contribution in [1.82, 2.24) is 5.32 Å². The van der Waals surface area contributed by atoms with Gasteiger partial charge in [0.25, 0.3) is 0 Å². The molecule has 3 atom stereocenters. The number of hydrogen-bond donors (Lipinski definition) is 2. The van der Waals surface area contributed by atoms with Gasteiger partial charge in [-0.15, -0.1) is 0 Å². The van der Waals surface area contributed by atoms with E-state index in [2.05, 4.69) is 19.2 Å². The van der Waals surface area contributed by atoms with Gasteiger partial charge in [-0.2, -0.15) is 0 Å². The van der Waals surface area contributed by atoms with Crippen LogP contribution in [0.5, 0.6) is 0 Å². The SMILES string of the molecule is CCCCCC(C)CC(=O)NCC1CCCC1O. The molecular formula is C15H29NO2. The van der Waals surface area contributed by atoms with Gasteiger partial charge in [-0.3, -0.25) is 4.79 Å². The third-order valence-corrected chi connectivity index (χ3v) is 4.01. The maximum absolute atomic E-state index is 11.8. The van der Waals surface area contributed by atoms with Gasteiger partial charge >= 0.3 is 0 Å². The lowest BCUT2D eigenvalue weighted by Gasteiger charge is -2.16. The Hall–Kier alpha value is -0.570. The summed E-state index contributed by atoms with van der Waals surface area (Å²) in [6.07, 6.45) is 8.34. The third kappa shape index (κ3) is 5.85. The van der Waals surface area contributed by atoms with Gasteiger partial charge in [-0.25, -0.2) is 0 Å². The summed E-state index contributed by atoms with van der Waals surface area (Å²) in [5.74, 6) is 0.910. The highest BCUT2D eigenvalue weighted by Crippen LogP contribution is 2.24. The Kier molecular flexibility index (Phi) is 7.33. The molecule has 3 nitrogen and oxygen atoms in total. The second-order valence-corrected chi connectivity index (χ2v) is 5.87. The van der Waals surface area contributed by atoms with Crippen molar-refractivity contribution >= 4 is 5.91 Å². The Morgan fingerprint density at radius 1 is 1.39 bits per heavy atom. The zero-order valence-corrected chi connectivity index (χ0v) is 12.0. The minimum Gasteiger partial charge on any atom is -0.393 e. The molecule has 1 saturated carbocycles. The summed E-state index contributed by atoms with van der Waals surface area (Å²) in [6.45, 7) is 5.01. The van der Waals surface area contributed by atoms with Crippen LogP contribution in [0.1, 0.15) is 65.2 Å². The molecule has 1 fully saturated rings. The number of amides is 1. The first-order valence-corrected chi connectivity index (χ1v) is 7.58. The average Bonchev–Trinajstić information content (AvgIpc) is 2.72. The van der Waals surface area contributed by atoms with E-state index in [1.165, 1.54) is 19.3 Å². The van der Waals surface area contributed by atoms with Gasteiger partial charge in [-0.1, -0.05) is 46.0 Å². The van der Waals surface area contributed by atoms with Crippen molar-refractivity contribution in [1.29, 1.82) is 0 Å². The summed E-state index contributed by atoms with van der Waals surface area (Å²) in [6, 6.07) is 0. The Morgan fingerprint density at radius 2 is 2.17 bits per heavy atom. The van der Waals surface area contributed by atoms with Crippen LogP contribution in [0.3, 0.4) is 0 Å². The summed E-state index contributed by atoms with van der Waals surface area (Å²) in [4.78, 5) is 11.8. The van der Waals surface area contributed by atoms with Crippen LogP contribution < -0.4 is 5.32 Å². The molecule has 0 saturated heterocycles. The number of aliphatic hydroxyl groups is 1. The Bertz CT molecular complexity index is 243. The minimum absolute atomic E-state index is 0.151. The zero-order chi connectivity index (χ0) is 13.4. The molecule has 0 aromatic rings. The quantitative estimate of drug-likeness (QED) is 0.655. The Labute approximate surface area is 111 Å². The number of rotatable bonds is 8. The van der Waals surface area contributed by atoms with Crippen LogP contribution in [-0.2, 0) is 4.79 Å². The van der Waals surface area contributed by atoms with Gasteiger partial charge in [0.05, 0.1) is 6.10 Å². The van der Waals surface area contributed by atoms with Crippen LogP contribution in [0, 0.1) is 11.8 Å². The summed E-state index contributed by atoms with van der Waals surface area (Å²) >= 11 is 0. The van der Waals surface area contributed by atoms with E-state index in [-0.39, 0.29) is 17.9 Å². The Morgan fingerprint density at radius 3 is 2.78 bits per heavy atom. The molecular weight excluding hydrogens is 226 g/mol. The maximum Gasteiger partial charge on any atom is 0.220 e. The van der Waals surface area contributed by atoms with Crippen molar-refractivity contribution in [2.24, 2.45) is 11.8 Å². The number of nitrogens with one attached hydrogen (secondary N) is 1. The van der Waals surface area contributed by atoms with Crippen molar-refractivity contribution in [3.63, 3.8) is 0 Å². The van der Waals surface area contributed by atoms with E-state index in [4.69, 9.17) is 0 Å². The first-order chi connectivity index (χ1) is 8.63. The van der Waals surface area contributed by atoms with E-state index in [1.54, 1.807) is 0 Å². The lowest BCUT2D eigenvalue weighted by Crippen LogP contribution is -2.33. The van der Waals surface area contributed by atoms with Crippen molar-refractivity contribution in [3.05, 3.63) is 0 Å². The normalized spacial score (nSPS) is 25.1. The van der Waals surface area contributed by atoms with Crippen molar-refractivity contribution in [2.75, 3.05) is 6.54 Å². The largest absolute Gasteiger partial charge is 0.393 e. The molecule has 1 aliphatic rings. The number of carbonyl (C=O) groups is 1. The van der Waals surface area contributed by atoms with E-state index >= 15 is 0 Å². The fourth-order valence-electron chi connectivity index (χ4n) is 2.73. The topological polar surface area (TPSA) is 49.3 Å². The molecule has 3 unspecified atom stereocenters. The lowest BCUT2D eigenvalue weighted by molar-refractivity contribution is -0.122. The molecule has 1 amide bonds. The molecule has 0 spiro atoms. The van der Waals surface area contributed by atoms with Crippen LogP contribution >= 0.6 is 0 Å². The average molecular weight is 255 g/mol. The van der Waals surface area contributed by atoms with Crippen LogP contribution in [0.25, 0.3) is 0 Å². The van der Waals surface area contributed by atoms with Crippen molar-refractivity contribution in [3.8, 4) is 0 Å². The molecule has 106 valence electrons. The van der Waals surface area contributed by atoms with E-state index in [1.807, 2.05) is 0 Å². The molecule has 1 rings (SSSR count). The first-order valence-electron chi connectivity index (χ1n) is 7.58. The van der Waals surface area contributed by atoms with E-state index in [0.717, 1.165) is 25.7 Å². The van der Waals surface area contributed by atoms with Gasteiger partial charge in [0.2, 0.25) is 5.91 Å². The van der Waals surface area contributed by atoms with Crippen LogP contribution in [0.15, 0.2) is 0 Å². The minimum atomic E-state index is -0.202. The summed E-state index contributed by atoms with van der Waals surface area (Å²) < 4.78 is 0. The highest BCUT2D eigenvalue weighted by atomic mass is 16.3. The highest BCUT2D eigenvalue weighted by Gasteiger charge is 2.25. The predicted molar refractivity (Wildman–Crippen MR) is 74.3 cm³/mol. The second kappa shape index (κ2) is 8.52. The van der Waals surface area contributed by atoms with Gasteiger partial charge in [0, 0.05) is 18.9 Å². The molecule has 0 heterocycles. The summed E-state index contributed by atoms with van der Waals surface area (Å²) in [7, 11) is 0. The highest BCUT2D eigenvalue weighted by molar-refractivity contribution is 5.76. The van der Waals surface area contributed by atoms with Gasteiger partial charge in [0.1, 0.15) is 0 Å². The third-order valence-electron chi connectivity index (χ3n) is 4.01. The van der Waals surface area contributed by atoms with E-state index in [9.17, 15) is 9.90 Å². The smallest absolute Gasteiger partial charge is 0.220 e. The number of carbonyl (C=O) groups excluding carboxylic acids is 1. The molecule has 18 heavy (non-hydrogen) atoms. The summed E-state index contributed by atoms with van der Waals surface area (Å²) in [5.41, 5.74) is 0. The van der Waals surface area contributed by atoms with Crippen LogP contribution in [0.4, 0.5) is 0 Å². The molecule has 0 aromatic carbocycles. The van der Waals surface area contributed by atoms with Crippen molar-refractivity contribution < 1.29 is 9.90 Å². The number of unbranched alkanes of at least 4 members (excludes halogenated alkanes) is 2. The number of aliphatic hydroxyl groups excluding tert-OH is 1. The van der Waals surface area contributed by atoms with Gasteiger partial charge < -0.3 is 10.4 Å². The molecule has 1 aliphatic carbocycles. The van der Waals surface area contributed by atoms with E-state index in [0.29, 0.717) is 18.9 Å². The van der Waals surface area contributed by atoms with E-state index < -0.39 is 0 Å². The molecule has 0 radical (unpaired) electrons. The fraction of sp³-hybridized carbons (Fsp3) is 0.933. The standard InChI is InChI=1S/C15H29NO2/c1-3-4-5-7-12(2)10-15(18)16-11-13-8-6-9-14(13)17/h12-14,17H,3-11H2,1-2H3,(H,16,18). The maximum atomic E-state index is 11.8. The monoisotopic (exact) mass is 255 g/mol. The fourth-order valence-corrected chi connectivity index (χ4v) is 2.73. The first kappa shape index (κ1) is 15.5. The zero-order valence-electron chi connectivity index (χ0n) is 12.0. The lowest BCUT2D eigenvalue weighted by atomic mass is 9.99. The van der Waals surface area contributed by atoms with Gasteiger partial charge in [-0.05, 0) is 18.8 Å². The Balaban J connectivity index is 2.09.